The Morgan fingerprint density at radius 1 is 0.931 bits per heavy atom. The van der Waals surface area contributed by atoms with Crippen molar-refractivity contribution in [2.75, 3.05) is 6.61 Å². The lowest BCUT2D eigenvalue weighted by Gasteiger charge is -2.32. The van der Waals surface area contributed by atoms with Crippen LogP contribution in [0.1, 0.15) is 36.6 Å². The molecule has 0 radical (unpaired) electrons. The minimum absolute atomic E-state index is 0.00799. The molecule has 0 N–H and O–H groups in total. The topological polar surface area (TPSA) is 61.8 Å². The largest absolute Gasteiger partial charge is 0.463 e. The predicted molar refractivity (Wildman–Crippen MR) is 85.4 cm³/mol. The summed E-state index contributed by atoms with van der Waals surface area (Å²) in [5.41, 5.74) is -3.38. The lowest BCUT2D eigenvalue weighted by Crippen LogP contribution is -2.39. The maximum Gasteiger partial charge on any atom is 0.416 e. The van der Waals surface area contributed by atoms with Gasteiger partial charge in [-0.05, 0) is 29.8 Å². The molecule has 0 saturated heterocycles. The number of esters is 2. The molecule has 0 amide bonds. The highest BCUT2D eigenvalue weighted by Gasteiger charge is 2.38. The maximum absolute atomic E-state index is 13.1. The third kappa shape index (κ3) is 6.21. The van der Waals surface area contributed by atoms with Crippen LogP contribution in [0.5, 0.6) is 0 Å². The molecule has 0 fully saturated rings. The van der Waals surface area contributed by atoms with Crippen molar-refractivity contribution in [1.82, 2.24) is 0 Å². The molecule has 0 bridgehead atoms. The smallest absolute Gasteiger partial charge is 0.416 e. The summed E-state index contributed by atoms with van der Waals surface area (Å²) in [5, 5.41) is 0. The molecule has 3 atom stereocenters. The lowest BCUT2D eigenvalue weighted by molar-refractivity contribution is -0.164. The number of rotatable bonds is 4. The summed E-state index contributed by atoms with van der Waals surface area (Å²) in [5.74, 6) is -1.40. The Balaban J connectivity index is 2.41. The van der Waals surface area contributed by atoms with Gasteiger partial charge in [-0.15, -0.1) is 0 Å². The molecule has 5 nitrogen and oxygen atoms in total. The number of hydrogen-bond donors (Lipinski definition) is 0. The summed E-state index contributed by atoms with van der Waals surface area (Å²) >= 11 is 0. The molecular weight excluding hydrogens is 410 g/mol. The van der Waals surface area contributed by atoms with Crippen LogP contribution in [-0.2, 0) is 36.2 Å². The molecule has 160 valence electrons. The second-order valence-electron chi connectivity index (χ2n) is 6.20. The zero-order valence-electron chi connectivity index (χ0n) is 15.1. The van der Waals surface area contributed by atoms with Gasteiger partial charge >= 0.3 is 24.3 Å². The van der Waals surface area contributed by atoms with Crippen LogP contribution < -0.4 is 0 Å². The Hall–Kier alpha value is -2.56. The van der Waals surface area contributed by atoms with E-state index >= 15 is 0 Å². The van der Waals surface area contributed by atoms with E-state index in [9.17, 15) is 35.9 Å². The van der Waals surface area contributed by atoms with Crippen LogP contribution in [0.25, 0.3) is 0 Å². The summed E-state index contributed by atoms with van der Waals surface area (Å²) in [6, 6.07) is 1.09. The standard InChI is InChI=1S/C18H16F6O5/c1-9(25)27-8-16-15(28-10(2)26)4-3-14(29-16)11-5-12(17(19,20)21)7-13(6-11)18(22,23)24/h3-7,14-16H,8H2,1-2H3/t14-,15-,16+/m0/s1. The number of benzene rings is 1. The molecule has 1 heterocycles. The van der Waals surface area contributed by atoms with Gasteiger partial charge in [0.1, 0.15) is 24.9 Å². The predicted octanol–water partition coefficient (Wildman–Crippen LogP) is 4.22. The minimum Gasteiger partial charge on any atom is -0.463 e. The molecule has 0 spiro atoms. The van der Waals surface area contributed by atoms with Gasteiger partial charge in [0.2, 0.25) is 0 Å². The SMILES string of the molecule is CC(=O)OC[C@H]1O[C@H](c2cc(C(F)(F)F)cc(C(F)(F)F)c2)C=C[C@@H]1OC(C)=O. The first-order chi connectivity index (χ1) is 13.3. The van der Waals surface area contributed by atoms with E-state index in [0.29, 0.717) is 12.1 Å². The number of ether oxygens (including phenoxy) is 3. The van der Waals surface area contributed by atoms with Crippen LogP contribution >= 0.6 is 0 Å². The van der Waals surface area contributed by atoms with E-state index in [1.807, 2.05) is 0 Å². The number of halogens is 6. The summed E-state index contributed by atoms with van der Waals surface area (Å²) in [4.78, 5) is 22.2. The summed E-state index contributed by atoms with van der Waals surface area (Å²) in [6.07, 6.45) is -11.1. The van der Waals surface area contributed by atoms with Gasteiger partial charge in [0.25, 0.3) is 0 Å². The summed E-state index contributed by atoms with van der Waals surface area (Å²) in [6.45, 7) is 1.78. The van der Waals surface area contributed by atoms with Gasteiger partial charge in [-0.2, -0.15) is 26.3 Å². The van der Waals surface area contributed by atoms with Crippen LogP contribution in [0, 0.1) is 0 Å². The van der Waals surface area contributed by atoms with Crippen molar-refractivity contribution in [3.05, 3.63) is 47.0 Å². The van der Waals surface area contributed by atoms with Crippen molar-refractivity contribution < 1.29 is 50.1 Å². The van der Waals surface area contributed by atoms with Crippen LogP contribution in [0.4, 0.5) is 26.3 Å². The molecule has 0 saturated carbocycles. The second kappa shape index (κ2) is 8.44. The van der Waals surface area contributed by atoms with Crippen molar-refractivity contribution >= 4 is 11.9 Å². The fourth-order valence-corrected chi connectivity index (χ4v) is 2.62. The van der Waals surface area contributed by atoms with E-state index < -0.39 is 65.9 Å². The van der Waals surface area contributed by atoms with Crippen LogP contribution in [0.15, 0.2) is 30.4 Å². The molecule has 1 aromatic carbocycles. The minimum atomic E-state index is -5.01. The zero-order chi connectivity index (χ0) is 22.0. The third-order valence-corrected chi connectivity index (χ3v) is 3.85. The number of carbonyl (C=O) groups excluding carboxylic acids is 2. The van der Waals surface area contributed by atoms with Gasteiger partial charge in [0, 0.05) is 13.8 Å². The lowest BCUT2D eigenvalue weighted by atomic mass is 9.98. The van der Waals surface area contributed by atoms with Gasteiger partial charge in [0.05, 0.1) is 11.1 Å². The van der Waals surface area contributed by atoms with Crippen LogP contribution in [-0.4, -0.2) is 30.8 Å². The average Bonchev–Trinajstić information content (AvgIpc) is 2.58. The van der Waals surface area contributed by atoms with Gasteiger partial charge < -0.3 is 14.2 Å². The van der Waals surface area contributed by atoms with Gasteiger partial charge in [-0.25, -0.2) is 0 Å². The van der Waals surface area contributed by atoms with Crippen LogP contribution in [0.3, 0.4) is 0 Å². The van der Waals surface area contributed by atoms with E-state index in [1.54, 1.807) is 0 Å². The molecule has 1 aliphatic rings. The van der Waals surface area contributed by atoms with Gasteiger partial charge in [-0.1, -0.05) is 6.08 Å². The van der Waals surface area contributed by atoms with E-state index in [1.165, 1.54) is 12.2 Å². The number of carbonyl (C=O) groups is 2. The molecule has 0 aliphatic carbocycles. The molecular formula is C18H16F6O5. The van der Waals surface area contributed by atoms with E-state index in [4.69, 9.17) is 14.2 Å². The van der Waals surface area contributed by atoms with Gasteiger partial charge in [0.15, 0.2) is 0 Å². The fourth-order valence-electron chi connectivity index (χ4n) is 2.62. The van der Waals surface area contributed by atoms with Crippen molar-refractivity contribution in [3.8, 4) is 0 Å². The van der Waals surface area contributed by atoms with E-state index in [0.717, 1.165) is 13.8 Å². The Kier molecular flexibility index (Phi) is 6.61. The first kappa shape index (κ1) is 22.7. The van der Waals surface area contributed by atoms with E-state index in [2.05, 4.69) is 0 Å². The number of hydrogen-bond acceptors (Lipinski definition) is 5. The van der Waals surface area contributed by atoms with Crippen molar-refractivity contribution in [3.63, 3.8) is 0 Å². The Morgan fingerprint density at radius 2 is 1.48 bits per heavy atom. The zero-order valence-corrected chi connectivity index (χ0v) is 15.1. The van der Waals surface area contributed by atoms with Crippen molar-refractivity contribution in [2.45, 2.75) is 44.5 Å². The molecule has 29 heavy (non-hydrogen) atoms. The highest BCUT2D eigenvalue weighted by Crippen LogP contribution is 2.39. The highest BCUT2D eigenvalue weighted by atomic mass is 19.4. The van der Waals surface area contributed by atoms with E-state index in [-0.39, 0.29) is 6.07 Å². The van der Waals surface area contributed by atoms with Gasteiger partial charge in [-0.3, -0.25) is 9.59 Å². The summed E-state index contributed by atoms with van der Waals surface area (Å²) in [7, 11) is 0. The molecule has 11 heteroatoms. The van der Waals surface area contributed by atoms with Crippen LogP contribution in [0.2, 0.25) is 0 Å². The normalized spacial score (nSPS) is 22.3. The first-order valence-corrected chi connectivity index (χ1v) is 8.21. The molecule has 0 aromatic heterocycles. The Labute approximate surface area is 161 Å². The molecule has 1 aliphatic heterocycles. The fraction of sp³-hybridized carbons (Fsp3) is 0.444. The summed E-state index contributed by atoms with van der Waals surface area (Å²) < 4.78 is 93.6. The molecule has 2 rings (SSSR count). The maximum atomic E-state index is 13.1. The monoisotopic (exact) mass is 426 g/mol. The van der Waals surface area contributed by atoms with Crippen molar-refractivity contribution in [2.24, 2.45) is 0 Å². The Morgan fingerprint density at radius 3 is 1.93 bits per heavy atom. The first-order valence-electron chi connectivity index (χ1n) is 8.21. The third-order valence-electron chi connectivity index (χ3n) is 3.85. The molecule has 1 aromatic rings. The Bertz CT molecular complexity index is 767. The highest BCUT2D eigenvalue weighted by molar-refractivity contribution is 5.67. The second-order valence-corrected chi connectivity index (χ2v) is 6.20. The van der Waals surface area contributed by atoms with Crippen molar-refractivity contribution in [1.29, 1.82) is 0 Å². The quantitative estimate of drug-likeness (QED) is 0.410. The molecule has 0 unspecified atom stereocenters. The average molecular weight is 426 g/mol. The number of alkyl halides is 6.